The van der Waals surface area contributed by atoms with Crippen molar-refractivity contribution in [1.82, 2.24) is 21.3 Å². The van der Waals surface area contributed by atoms with E-state index in [4.69, 9.17) is 5.73 Å². The zero-order valence-corrected chi connectivity index (χ0v) is 22.0. The molecule has 1 saturated heterocycles. The standard InChI is InChI=1S/C27H39N5O5/c1-16(2)23-27(37)29-18(4)25(35)31-21(15-19-11-7-5-8-12-19)26(36)30-20(17(3)24(34)32-23)13-9-6-10-14-22(28)33/h5-9,11-12,16-18,20-21,23H,10,13-15H2,1-4H3,(H2,28,33)(H,29,37)(H,30,36)(H,31,35)(H,32,34)/t17-,18+,20+,21+,23+/m0/s1. The van der Waals surface area contributed by atoms with E-state index in [-0.39, 0.29) is 18.8 Å². The fourth-order valence-electron chi connectivity index (χ4n) is 3.98. The van der Waals surface area contributed by atoms with Crippen LogP contribution in [-0.2, 0) is 30.4 Å². The van der Waals surface area contributed by atoms with Gasteiger partial charge in [-0.1, -0.05) is 63.3 Å². The molecule has 202 valence electrons. The van der Waals surface area contributed by atoms with Gasteiger partial charge in [0, 0.05) is 18.9 Å². The maximum Gasteiger partial charge on any atom is 0.243 e. The van der Waals surface area contributed by atoms with E-state index in [1.807, 2.05) is 30.3 Å². The molecular formula is C27H39N5O5. The van der Waals surface area contributed by atoms with Gasteiger partial charge in [0.2, 0.25) is 29.5 Å². The minimum atomic E-state index is -0.924. The molecule has 0 spiro atoms. The van der Waals surface area contributed by atoms with Crippen LogP contribution in [0.5, 0.6) is 0 Å². The number of nitrogens with one attached hydrogen (secondary N) is 4. The molecule has 0 aliphatic carbocycles. The number of benzene rings is 1. The van der Waals surface area contributed by atoms with E-state index in [2.05, 4.69) is 21.3 Å². The zero-order valence-electron chi connectivity index (χ0n) is 22.0. The molecule has 1 aromatic carbocycles. The summed E-state index contributed by atoms with van der Waals surface area (Å²) in [6.07, 6.45) is 4.73. The van der Waals surface area contributed by atoms with Crippen molar-refractivity contribution in [2.45, 2.75) is 77.5 Å². The first-order valence-corrected chi connectivity index (χ1v) is 12.7. The highest BCUT2D eigenvalue weighted by molar-refractivity contribution is 5.95. The summed E-state index contributed by atoms with van der Waals surface area (Å²) >= 11 is 0. The van der Waals surface area contributed by atoms with E-state index in [0.717, 1.165) is 5.56 Å². The first-order valence-electron chi connectivity index (χ1n) is 12.7. The quantitative estimate of drug-likeness (QED) is 0.323. The maximum atomic E-state index is 13.4. The van der Waals surface area contributed by atoms with Crippen LogP contribution in [0.25, 0.3) is 0 Å². The van der Waals surface area contributed by atoms with E-state index in [0.29, 0.717) is 12.8 Å². The highest BCUT2D eigenvalue weighted by atomic mass is 16.2. The molecule has 1 fully saturated rings. The molecule has 0 radical (unpaired) electrons. The smallest absolute Gasteiger partial charge is 0.243 e. The third-order valence-electron chi connectivity index (χ3n) is 6.37. The molecule has 37 heavy (non-hydrogen) atoms. The summed E-state index contributed by atoms with van der Waals surface area (Å²) in [7, 11) is 0. The van der Waals surface area contributed by atoms with Crippen molar-refractivity contribution in [2.24, 2.45) is 17.6 Å². The van der Waals surface area contributed by atoms with Crippen LogP contribution in [0, 0.1) is 11.8 Å². The summed E-state index contributed by atoms with van der Waals surface area (Å²) in [5.41, 5.74) is 6.03. The number of primary amides is 1. The molecule has 5 atom stereocenters. The Morgan fingerprint density at radius 2 is 1.57 bits per heavy atom. The number of carbonyl (C=O) groups is 5. The van der Waals surface area contributed by atoms with Gasteiger partial charge in [0.15, 0.2) is 0 Å². The number of rotatable bonds is 8. The van der Waals surface area contributed by atoms with E-state index >= 15 is 0 Å². The van der Waals surface area contributed by atoms with Crippen LogP contribution in [0.4, 0.5) is 0 Å². The highest BCUT2D eigenvalue weighted by Crippen LogP contribution is 2.14. The molecule has 1 heterocycles. The van der Waals surface area contributed by atoms with Gasteiger partial charge in [-0.2, -0.15) is 0 Å². The number of allylic oxidation sites excluding steroid dienone is 1. The highest BCUT2D eigenvalue weighted by Gasteiger charge is 2.34. The largest absolute Gasteiger partial charge is 0.370 e. The average molecular weight is 514 g/mol. The van der Waals surface area contributed by atoms with Crippen LogP contribution < -0.4 is 27.0 Å². The van der Waals surface area contributed by atoms with Gasteiger partial charge < -0.3 is 27.0 Å². The minimum absolute atomic E-state index is 0.193. The maximum absolute atomic E-state index is 13.4. The Hall–Kier alpha value is -3.69. The molecule has 10 heteroatoms. The van der Waals surface area contributed by atoms with Crippen molar-refractivity contribution >= 4 is 29.5 Å². The lowest BCUT2D eigenvalue weighted by molar-refractivity contribution is -0.134. The van der Waals surface area contributed by atoms with E-state index < -0.39 is 59.6 Å². The number of carbonyl (C=O) groups excluding carboxylic acids is 5. The van der Waals surface area contributed by atoms with Crippen molar-refractivity contribution in [3.63, 3.8) is 0 Å². The number of hydrogen-bond acceptors (Lipinski definition) is 5. The molecule has 6 N–H and O–H groups in total. The van der Waals surface area contributed by atoms with Gasteiger partial charge in [-0.15, -0.1) is 0 Å². The molecule has 2 rings (SSSR count). The lowest BCUT2D eigenvalue weighted by atomic mass is 9.94. The number of hydrogen-bond donors (Lipinski definition) is 5. The van der Waals surface area contributed by atoms with Gasteiger partial charge in [0.05, 0.1) is 5.92 Å². The molecular weight excluding hydrogens is 474 g/mol. The molecule has 0 unspecified atom stereocenters. The van der Waals surface area contributed by atoms with E-state index in [1.54, 1.807) is 32.9 Å². The fourth-order valence-corrected chi connectivity index (χ4v) is 3.98. The second-order valence-corrected chi connectivity index (χ2v) is 9.83. The molecule has 5 amide bonds. The summed E-state index contributed by atoms with van der Waals surface area (Å²) in [5, 5.41) is 11.1. The van der Waals surface area contributed by atoms with Gasteiger partial charge in [-0.05, 0) is 31.2 Å². The lowest BCUT2D eigenvalue weighted by Gasteiger charge is -2.28. The molecule has 1 aromatic rings. The normalized spacial score (nSPS) is 25.8. The monoisotopic (exact) mass is 513 g/mol. The van der Waals surface area contributed by atoms with Gasteiger partial charge in [0.1, 0.15) is 18.1 Å². The van der Waals surface area contributed by atoms with E-state index in [9.17, 15) is 24.0 Å². The van der Waals surface area contributed by atoms with Crippen LogP contribution in [0.1, 0.15) is 52.5 Å². The molecule has 1 aliphatic rings. The molecule has 10 nitrogen and oxygen atoms in total. The number of nitrogens with two attached hydrogens (primary N) is 1. The molecule has 0 bridgehead atoms. The van der Waals surface area contributed by atoms with E-state index in [1.165, 1.54) is 6.92 Å². The Kier molecular flexibility index (Phi) is 11.3. The van der Waals surface area contributed by atoms with Gasteiger partial charge in [-0.3, -0.25) is 24.0 Å². The van der Waals surface area contributed by atoms with Crippen molar-refractivity contribution < 1.29 is 24.0 Å². The Morgan fingerprint density at radius 3 is 2.19 bits per heavy atom. The van der Waals surface area contributed by atoms with Gasteiger partial charge in [0.25, 0.3) is 0 Å². The van der Waals surface area contributed by atoms with Crippen molar-refractivity contribution in [3.05, 3.63) is 48.0 Å². The number of amides is 5. The third-order valence-corrected chi connectivity index (χ3v) is 6.37. The van der Waals surface area contributed by atoms with Crippen LogP contribution in [0.15, 0.2) is 42.5 Å². The van der Waals surface area contributed by atoms with Crippen molar-refractivity contribution in [2.75, 3.05) is 0 Å². The average Bonchev–Trinajstić information content (AvgIpc) is 2.84. The molecule has 0 saturated carbocycles. The van der Waals surface area contributed by atoms with Crippen molar-refractivity contribution in [1.29, 1.82) is 0 Å². The summed E-state index contributed by atoms with van der Waals surface area (Å²) < 4.78 is 0. The second-order valence-electron chi connectivity index (χ2n) is 9.83. The predicted molar refractivity (Wildman–Crippen MR) is 140 cm³/mol. The van der Waals surface area contributed by atoms with Crippen molar-refractivity contribution in [3.8, 4) is 0 Å². The lowest BCUT2D eigenvalue weighted by Crippen LogP contribution is -2.56. The Balaban J connectivity index is 2.38. The summed E-state index contributed by atoms with van der Waals surface area (Å²) in [6.45, 7) is 6.81. The first-order chi connectivity index (χ1) is 17.5. The van der Waals surface area contributed by atoms with Gasteiger partial charge in [-0.25, -0.2) is 0 Å². The Bertz CT molecular complexity index is 994. The Labute approximate surface area is 218 Å². The topological polar surface area (TPSA) is 159 Å². The summed E-state index contributed by atoms with van der Waals surface area (Å²) in [4.78, 5) is 63.5. The van der Waals surface area contributed by atoms with Crippen LogP contribution in [0.2, 0.25) is 0 Å². The first kappa shape index (κ1) is 29.5. The van der Waals surface area contributed by atoms with Crippen LogP contribution in [0.3, 0.4) is 0 Å². The minimum Gasteiger partial charge on any atom is -0.370 e. The second kappa shape index (κ2) is 14.2. The summed E-state index contributed by atoms with van der Waals surface area (Å²) in [5.74, 6) is -3.15. The van der Waals surface area contributed by atoms with Crippen LogP contribution >= 0.6 is 0 Å². The SMILES string of the molecule is CC(C)[C@H]1NC(=O)[C@@H](C)[C@@H](CC=CCCC(N)=O)NC(=O)[C@@H](Cc2ccccc2)NC(=O)[C@@H](C)NC1=O. The van der Waals surface area contributed by atoms with Crippen LogP contribution in [-0.4, -0.2) is 53.7 Å². The molecule has 0 aromatic heterocycles. The predicted octanol–water partition coefficient (Wildman–Crippen LogP) is 0.706. The Morgan fingerprint density at radius 1 is 0.892 bits per heavy atom. The fraction of sp³-hybridized carbons (Fsp3) is 0.519. The zero-order chi connectivity index (χ0) is 27.5. The third kappa shape index (κ3) is 9.36. The van der Waals surface area contributed by atoms with Gasteiger partial charge >= 0.3 is 0 Å². The summed E-state index contributed by atoms with van der Waals surface area (Å²) in [6, 6.07) is 5.94. The molecule has 1 aliphatic heterocycles.